The first-order valence-corrected chi connectivity index (χ1v) is 11.0. The zero-order chi connectivity index (χ0) is 22.2. The van der Waals surface area contributed by atoms with E-state index in [0.717, 1.165) is 17.3 Å². The summed E-state index contributed by atoms with van der Waals surface area (Å²) in [6.45, 7) is 1.08. The summed E-state index contributed by atoms with van der Waals surface area (Å²) in [6.07, 6.45) is 5.18. The number of benzene rings is 2. The summed E-state index contributed by atoms with van der Waals surface area (Å²) >= 11 is 0. The van der Waals surface area contributed by atoms with Gasteiger partial charge < -0.3 is 14.6 Å². The SMILES string of the molecule is O=C(Cc1cc(F)cc(F)c1)N1CCC(C(O)CC2c3ccccc3-c3cncn32)CC1. The lowest BCUT2D eigenvalue weighted by molar-refractivity contribution is -0.132. The van der Waals surface area contributed by atoms with Crippen molar-refractivity contribution in [1.29, 1.82) is 0 Å². The molecule has 2 aliphatic heterocycles. The number of rotatable bonds is 5. The van der Waals surface area contributed by atoms with Crippen LogP contribution in [0.25, 0.3) is 11.3 Å². The standard InChI is InChI=1S/C25H25F2N3O2/c26-18-9-16(10-19(27)12-18)11-25(32)29-7-5-17(6-8-29)24(31)13-22-20-3-1-2-4-21(20)23-14-28-15-30(22)23/h1-4,9-10,12,14-15,17,22,24,31H,5-8,11,13H2. The smallest absolute Gasteiger partial charge is 0.226 e. The second-order valence-corrected chi connectivity index (χ2v) is 8.76. The minimum atomic E-state index is -0.677. The summed E-state index contributed by atoms with van der Waals surface area (Å²) in [5, 5.41) is 11.0. The summed E-state index contributed by atoms with van der Waals surface area (Å²) in [5.41, 5.74) is 3.79. The third kappa shape index (κ3) is 3.93. The second-order valence-electron chi connectivity index (χ2n) is 8.76. The molecule has 1 amide bonds. The van der Waals surface area contributed by atoms with Gasteiger partial charge in [0.05, 0.1) is 36.8 Å². The largest absolute Gasteiger partial charge is 0.393 e. The minimum absolute atomic E-state index is 0.0236. The van der Waals surface area contributed by atoms with Crippen LogP contribution in [0.15, 0.2) is 55.0 Å². The molecular formula is C25H25F2N3O2. The van der Waals surface area contributed by atoms with E-state index in [9.17, 15) is 18.7 Å². The molecule has 1 N–H and O–H groups in total. The number of hydrogen-bond acceptors (Lipinski definition) is 3. The van der Waals surface area contributed by atoms with Crippen molar-refractivity contribution >= 4 is 5.91 Å². The molecule has 0 bridgehead atoms. The van der Waals surface area contributed by atoms with Gasteiger partial charge in [0.1, 0.15) is 11.6 Å². The molecule has 32 heavy (non-hydrogen) atoms. The molecule has 2 aliphatic rings. The van der Waals surface area contributed by atoms with E-state index < -0.39 is 17.7 Å². The van der Waals surface area contributed by atoms with Crippen molar-refractivity contribution in [2.75, 3.05) is 13.1 Å². The molecular weight excluding hydrogens is 412 g/mol. The summed E-state index contributed by atoms with van der Waals surface area (Å²) in [5.74, 6) is -1.39. The van der Waals surface area contributed by atoms with Gasteiger partial charge in [-0.05, 0) is 48.4 Å². The van der Waals surface area contributed by atoms with Crippen molar-refractivity contribution in [2.24, 2.45) is 5.92 Å². The van der Waals surface area contributed by atoms with Crippen molar-refractivity contribution in [3.8, 4) is 11.3 Å². The first-order valence-electron chi connectivity index (χ1n) is 11.0. The van der Waals surface area contributed by atoms with Crippen LogP contribution in [-0.4, -0.2) is 44.7 Å². The predicted octanol–water partition coefficient (Wildman–Crippen LogP) is 3.96. The van der Waals surface area contributed by atoms with Gasteiger partial charge in [0.25, 0.3) is 0 Å². The molecule has 5 rings (SSSR count). The topological polar surface area (TPSA) is 58.4 Å². The van der Waals surface area contributed by atoms with Gasteiger partial charge in [-0.1, -0.05) is 24.3 Å². The molecule has 0 radical (unpaired) electrons. The minimum Gasteiger partial charge on any atom is -0.393 e. The van der Waals surface area contributed by atoms with Crippen LogP contribution in [0.2, 0.25) is 0 Å². The monoisotopic (exact) mass is 437 g/mol. The van der Waals surface area contributed by atoms with Crippen molar-refractivity contribution in [3.63, 3.8) is 0 Å². The third-order valence-electron chi connectivity index (χ3n) is 6.78. The van der Waals surface area contributed by atoms with Crippen molar-refractivity contribution < 1.29 is 18.7 Å². The first kappa shape index (κ1) is 20.8. The molecule has 0 saturated carbocycles. The fraction of sp³-hybridized carbons (Fsp3) is 0.360. The number of halogens is 2. The average molecular weight is 437 g/mol. The highest BCUT2D eigenvalue weighted by Gasteiger charge is 2.34. The molecule has 2 unspecified atom stereocenters. The van der Waals surface area contributed by atoms with Crippen molar-refractivity contribution in [2.45, 2.75) is 37.8 Å². The molecule has 2 atom stereocenters. The Balaban J connectivity index is 1.19. The Labute approximate surface area is 185 Å². The third-order valence-corrected chi connectivity index (χ3v) is 6.78. The van der Waals surface area contributed by atoms with Gasteiger partial charge in [0.15, 0.2) is 0 Å². The van der Waals surface area contributed by atoms with Crippen molar-refractivity contribution in [3.05, 3.63) is 77.8 Å². The molecule has 3 heterocycles. The highest BCUT2D eigenvalue weighted by atomic mass is 19.1. The molecule has 166 valence electrons. The molecule has 3 aromatic rings. The van der Waals surface area contributed by atoms with Crippen LogP contribution in [-0.2, 0) is 11.2 Å². The number of carbonyl (C=O) groups is 1. The maximum Gasteiger partial charge on any atom is 0.226 e. The number of aliphatic hydroxyl groups is 1. The van der Waals surface area contributed by atoms with Crippen LogP contribution in [0.5, 0.6) is 0 Å². The van der Waals surface area contributed by atoms with Crippen LogP contribution < -0.4 is 0 Å². The molecule has 2 aromatic carbocycles. The number of amides is 1. The number of fused-ring (bicyclic) bond motifs is 3. The summed E-state index contributed by atoms with van der Waals surface area (Å²) in [4.78, 5) is 18.6. The van der Waals surface area contributed by atoms with E-state index in [1.165, 1.54) is 17.7 Å². The second kappa shape index (κ2) is 8.47. The van der Waals surface area contributed by atoms with Crippen LogP contribution in [0.1, 0.15) is 36.4 Å². The summed E-state index contributed by atoms with van der Waals surface area (Å²) in [6, 6.07) is 11.5. The van der Waals surface area contributed by atoms with E-state index >= 15 is 0 Å². The Morgan fingerprint density at radius 1 is 1.12 bits per heavy atom. The molecule has 1 aromatic heterocycles. The van der Waals surface area contributed by atoms with Gasteiger partial charge in [-0.15, -0.1) is 0 Å². The number of aliphatic hydroxyl groups excluding tert-OH is 1. The van der Waals surface area contributed by atoms with Gasteiger partial charge in [0.2, 0.25) is 5.91 Å². The number of piperidine rings is 1. The number of nitrogens with zero attached hydrogens (tertiary/aromatic N) is 3. The Morgan fingerprint density at radius 3 is 2.59 bits per heavy atom. The maximum atomic E-state index is 13.4. The lowest BCUT2D eigenvalue weighted by Gasteiger charge is -2.35. The fourth-order valence-corrected chi connectivity index (χ4v) is 5.13. The molecule has 1 saturated heterocycles. The molecule has 0 spiro atoms. The fourth-order valence-electron chi connectivity index (χ4n) is 5.13. The molecule has 7 heteroatoms. The first-order chi connectivity index (χ1) is 15.5. The van der Waals surface area contributed by atoms with Crippen LogP contribution in [0.3, 0.4) is 0 Å². The lowest BCUT2D eigenvalue weighted by Crippen LogP contribution is -2.42. The summed E-state index contributed by atoms with van der Waals surface area (Å²) < 4.78 is 28.9. The van der Waals surface area contributed by atoms with Gasteiger partial charge in [-0.2, -0.15) is 0 Å². The van der Waals surface area contributed by atoms with E-state index in [4.69, 9.17) is 0 Å². The van der Waals surface area contributed by atoms with E-state index in [1.54, 1.807) is 4.90 Å². The highest BCUT2D eigenvalue weighted by Crippen LogP contribution is 2.42. The molecule has 0 aliphatic carbocycles. The predicted molar refractivity (Wildman–Crippen MR) is 116 cm³/mol. The Bertz CT molecular complexity index is 1120. The summed E-state index contributed by atoms with van der Waals surface area (Å²) in [7, 11) is 0. The van der Waals surface area contributed by atoms with Gasteiger partial charge in [0, 0.05) is 24.7 Å². The average Bonchev–Trinajstić information content (AvgIpc) is 3.36. The van der Waals surface area contributed by atoms with E-state index in [0.29, 0.717) is 37.9 Å². The van der Waals surface area contributed by atoms with Gasteiger partial charge in [-0.3, -0.25) is 4.79 Å². The van der Waals surface area contributed by atoms with Crippen molar-refractivity contribution in [1.82, 2.24) is 14.5 Å². The van der Waals surface area contributed by atoms with E-state index in [1.807, 2.05) is 24.7 Å². The van der Waals surface area contributed by atoms with Gasteiger partial charge in [-0.25, -0.2) is 13.8 Å². The quantitative estimate of drug-likeness (QED) is 0.657. The zero-order valence-corrected chi connectivity index (χ0v) is 17.6. The Hall–Kier alpha value is -3.06. The van der Waals surface area contributed by atoms with E-state index in [2.05, 4.69) is 21.7 Å². The number of hydrogen-bond donors (Lipinski definition) is 1. The zero-order valence-electron chi connectivity index (χ0n) is 17.6. The van der Waals surface area contributed by atoms with E-state index in [-0.39, 0.29) is 24.3 Å². The normalized spacial score (nSPS) is 19.0. The number of aromatic nitrogens is 2. The Morgan fingerprint density at radius 2 is 1.84 bits per heavy atom. The van der Waals surface area contributed by atoms with Crippen LogP contribution in [0, 0.1) is 17.6 Å². The lowest BCUT2D eigenvalue weighted by atomic mass is 9.86. The number of imidazole rings is 1. The highest BCUT2D eigenvalue weighted by molar-refractivity contribution is 5.78. The molecule has 1 fully saturated rings. The molecule has 5 nitrogen and oxygen atoms in total. The van der Waals surface area contributed by atoms with Crippen LogP contribution in [0.4, 0.5) is 8.78 Å². The maximum absolute atomic E-state index is 13.4. The Kier molecular flexibility index (Phi) is 5.51. The van der Waals surface area contributed by atoms with Gasteiger partial charge >= 0.3 is 0 Å². The van der Waals surface area contributed by atoms with Crippen LogP contribution >= 0.6 is 0 Å². The number of likely N-dealkylation sites (tertiary alicyclic amines) is 1. The number of carbonyl (C=O) groups excluding carboxylic acids is 1.